The van der Waals surface area contributed by atoms with Crippen LogP contribution in [-0.2, 0) is 11.2 Å². The van der Waals surface area contributed by atoms with E-state index in [4.69, 9.17) is 4.74 Å². The predicted molar refractivity (Wildman–Crippen MR) is 92.8 cm³/mol. The summed E-state index contributed by atoms with van der Waals surface area (Å²) in [5.41, 5.74) is 1.17. The lowest BCUT2D eigenvalue weighted by Crippen LogP contribution is -2.42. The van der Waals surface area contributed by atoms with Crippen LogP contribution in [0.1, 0.15) is 36.9 Å². The lowest BCUT2D eigenvalue weighted by Gasteiger charge is -2.24. The summed E-state index contributed by atoms with van der Waals surface area (Å²) in [6.07, 6.45) is 2.08. The third-order valence-electron chi connectivity index (χ3n) is 3.86. The molecule has 2 heterocycles. The molecule has 1 aliphatic heterocycles. The van der Waals surface area contributed by atoms with Gasteiger partial charge in [0, 0.05) is 57.4 Å². The highest BCUT2D eigenvalue weighted by atomic mass is 32.1. The van der Waals surface area contributed by atoms with Crippen molar-refractivity contribution in [2.45, 2.75) is 32.6 Å². The van der Waals surface area contributed by atoms with Gasteiger partial charge in [-0.25, -0.2) is 4.98 Å². The summed E-state index contributed by atoms with van der Waals surface area (Å²) in [4.78, 5) is 11.2. The largest absolute Gasteiger partial charge is 0.381 e. The van der Waals surface area contributed by atoms with E-state index in [-0.39, 0.29) is 0 Å². The fraction of sp³-hybridized carbons (Fsp3) is 0.750. The molecule has 0 aromatic carbocycles. The Balaban J connectivity index is 1.75. The smallest absolute Gasteiger partial charge is 0.193 e. The van der Waals surface area contributed by atoms with Crippen molar-refractivity contribution >= 4 is 17.3 Å². The van der Waals surface area contributed by atoms with Crippen molar-refractivity contribution < 1.29 is 4.74 Å². The Morgan fingerprint density at radius 1 is 1.59 bits per heavy atom. The van der Waals surface area contributed by atoms with Gasteiger partial charge >= 0.3 is 0 Å². The van der Waals surface area contributed by atoms with E-state index in [0.29, 0.717) is 11.8 Å². The molecule has 1 atom stereocenters. The quantitative estimate of drug-likeness (QED) is 0.645. The van der Waals surface area contributed by atoms with E-state index in [0.717, 1.165) is 45.1 Å². The van der Waals surface area contributed by atoms with Crippen LogP contribution in [0, 0.1) is 5.92 Å². The molecular weight excluding hydrogens is 296 g/mol. The molecule has 5 nitrogen and oxygen atoms in total. The van der Waals surface area contributed by atoms with E-state index in [1.807, 2.05) is 7.05 Å². The minimum atomic E-state index is 0.513. The molecule has 0 saturated carbocycles. The van der Waals surface area contributed by atoms with Gasteiger partial charge in [-0.2, -0.15) is 0 Å². The molecule has 0 spiro atoms. The van der Waals surface area contributed by atoms with Crippen molar-refractivity contribution in [3.8, 4) is 0 Å². The maximum atomic E-state index is 5.44. The Hall–Kier alpha value is -1.14. The van der Waals surface area contributed by atoms with Crippen LogP contribution in [0.25, 0.3) is 0 Å². The number of aliphatic imine (C=N–C) groups is 1. The predicted octanol–water partition coefficient (Wildman–Crippen LogP) is 2.35. The summed E-state index contributed by atoms with van der Waals surface area (Å²) in [7, 11) is 3.93. The minimum absolute atomic E-state index is 0.513. The van der Waals surface area contributed by atoms with Crippen LogP contribution in [0.15, 0.2) is 10.4 Å². The summed E-state index contributed by atoms with van der Waals surface area (Å²) in [6, 6.07) is 0. The number of hydrogen-bond acceptors (Lipinski definition) is 4. The summed E-state index contributed by atoms with van der Waals surface area (Å²) in [5, 5.41) is 6.82. The molecule has 0 aliphatic carbocycles. The van der Waals surface area contributed by atoms with E-state index in [1.54, 1.807) is 11.3 Å². The SMILES string of the molecule is CN=C(NCCc1csc(C(C)C)n1)N(C)CC1CCOC1. The lowest BCUT2D eigenvalue weighted by atomic mass is 10.1. The van der Waals surface area contributed by atoms with Crippen LogP contribution in [0.2, 0.25) is 0 Å². The lowest BCUT2D eigenvalue weighted by molar-refractivity contribution is 0.181. The average molecular weight is 324 g/mol. The highest BCUT2D eigenvalue weighted by Crippen LogP contribution is 2.19. The number of thiazole rings is 1. The Kier molecular flexibility index (Phi) is 6.64. The Morgan fingerprint density at radius 3 is 3.00 bits per heavy atom. The second-order valence-corrected chi connectivity index (χ2v) is 7.06. The summed E-state index contributed by atoms with van der Waals surface area (Å²) in [5.74, 6) is 2.08. The van der Waals surface area contributed by atoms with E-state index in [1.165, 1.54) is 10.7 Å². The van der Waals surface area contributed by atoms with Crippen LogP contribution in [0.4, 0.5) is 0 Å². The number of hydrogen-bond donors (Lipinski definition) is 1. The van der Waals surface area contributed by atoms with Crippen LogP contribution in [0.5, 0.6) is 0 Å². The monoisotopic (exact) mass is 324 g/mol. The minimum Gasteiger partial charge on any atom is -0.381 e. The highest BCUT2D eigenvalue weighted by molar-refractivity contribution is 7.09. The second-order valence-electron chi connectivity index (χ2n) is 6.17. The molecule has 0 bridgehead atoms. The Bertz CT molecular complexity index is 480. The van der Waals surface area contributed by atoms with Crippen LogP contribution < -0.4 is 5.32 Å². The molecule has 1 N–H and O–H groups in total. The van der Waals surface area contributed by atoms with Crippen molar-refractivity contribution in [2.75, 3.05) is 40.4 Å². The molecule has 1 fully saturated rings. The van der Waals surface area contributed by atoms with Crippen LogP contribution in [-0.4, -0.2) is 56.2 Å². The topological polar surface area (TPSA) is 49.8 Å². The fourth-order valence-electron chi connectivity index (χ4n) is 2.59. The van der Waals surface area contributed by atoms with E-state index in [2.05, 4.69) is 46.5 Å². The zero-order valence-electron chi connectivity index (χ0n) is 14.1. The van der Waals surface area contributed by atoms with Gasteiger partial charge in [0.2, 0.25) is 0 Å². The maximum Gasteiger partial charge on any atom is 0.193 e. The first-order valence-corrected chi connectivity index (χ1v) is 8.92. The van der Waals surface area contributed by atoms with Gasteiger partial charge in [-0.1, -0.05) is 13.8 Å². The Morgan fingerprint density at radius 2 is 2.41 bits per heavy atom. The first-order chi connectivity index (χ1) is 10.6. The molecule has 1 saturated heterocycles. The van der Waals surface area contributed by atoms with Gasteiger partial charge in [-0.15, -0.1) is 11.3 Å². The third kappa shape index (κ3) is 4.95. The zero-order valence-corrected chi connectivity index (χ0v) is 14.9. The van der Waals surface area contributed by atoms with Crippen LogP contribution in [0.3, 0.4) is 0 Å². The molecule has 124 valence electrons. The van der Waals surface area contributed by atoms with Crippen molar-refractivity contribution in [3.05, 3.63) is 16.1 Å². The molecule has 1 aliphatic rings. The number of guanidine groups is 1. The van der Waals surface area contributed by atoms with Gasteiger partial charge < -0.3 is 15.0 Å². The van der Waals surface area contributed by atoms with Gasteiger partial charge in [0.05, 0.1) is 17.3 Å². The molecule has 2 rings (SSSR count). The molecular formula is C16H28N4OS. The van der Waals surface area contributed by atoms with Gasteiger partial charge in [0.1, 0.15) is 0 Å². The standard InChI is InChI=1S/C16H28N4OS/c1-12(2)15-19-14(11-22-15)5-7-18-16(17-3)20(4)9-13-6-8-21-10-13/h11-13H,5-10H2,1-4H3,(H,17,18). The molecule has 6 heteroatoms. The first-order valence-electron chi connectivity index (χ1n) is 8.04. The highest BCUT2D eigenvalue weighted by Gasteiger charge is 2.19. The number of nitrogens with zero attached hydrogens (tertiary/aromatic N) is 3. The molecule has 1 unspecified atom stereocenters. The maximum absolute atomic E-state index is 5.44. The second kappa shape index (κ2) is 8.48. The first kappa shape index (κ1) is 17.2. The van der Waals surface area contributed by atoms with E-state index >= 15 is 0 Å². The van der Waals surface area contributed by atoms with Crippen molar-refractivity contribution in [3.63, 3.8) is 0 Å². The van der Waals surface area contributed by atoms with Gasteiger partial charge in [-0.05, 0) is 6.42 Å². The number of rotatable bonds is 6. The molecule has 1 aromatic rings. The fourth-order valence-corrected chi connectivity index (χ4v) is 3.46. The van der Waals surface area contributed by atoms with E-state index in [9.17, 15) is 0 Å². The van der Waals surface area contributed by atoms with E-state index < -0.39 is 0 Å². The molecule has 0 amide bonds. The molecule has 22 heavy (non-hydrogen) atoms. The third-order valence-corrected chi connectivity index (χ3v) is 5.05. The number of nitrogens with one attached hydrogen (secondary N) is 1. The molecule has 0 radical (unpaired) electrons. The van der Waals surface area contributed by atoms with Crippen molar-refractivity contribution in [2.24, 2.45) is 10.9 Å². The number of aromatic nitrogens is 1. The summed E-state index contributed by atoms with van der Waals surface area (Å²) in [6.45, 7) is 7.99. The average Bonchev–Trinajstić information content (AvgIpc) is 3.14. The molecule has 1 aromatic heterocycles. The zero-order chi connectivity index (χ0) is 15.9. The van der Waals surface area contributed by atoms with Gasteiger partial charge in [-0.3, -0.25) is 4.99 Å². The van der Waals surface area contributed by atoms with Gasteiger partial charge in [0.15, 0.2) is 5.96 Å². The van der Waals surface area contributed by atoms with Crippen LogP contribution >= 0.6 is 11.3 Å². The summed E-state index contributed by atoms with van der Waals surface area (Å²) >= 11 is 1.76. The number of ether oxygens (including phenoxy) is 1. The van der Waals surface area contributed by atoms with Crippen molar-refractivity contribution in [1.29, 1.82) is 0 Å². The van der Waals surface area contributed by atoms with Gasteiger partial charge in [0.25, 0.3) is 0 Å². The normalized spacial score (nSPS) is 19.0. The Labute approximate surface area is 137 Å². The summed E-state index contributed by atoms with van der Waals surface area (Å²) < 4.78 is 5.44. The van der Waals surface area contributed by atoms with Crippen molar-refractivity contribution in [1.82, 2.24) is 15.2 Å².